The fraction of sp³-hybridized carbons (Fsp3) is 0.227. The summed E-state index contributed by atoms with van der Waals surface area (Å²) < 4.78 is 0. The largest absolute Gasteiger partial charge is 0.350 e. The lowest BCUT2D eigenvalue weighted by atomic mass is 10.1. The topological polar surface area (TPSA) is 71.1 Å². The molecule has 1 saturated carbocycles. The number of nitrogens with one attached hydrogen (secondary N) is 2. The molecule has 0 bridgehead atoms. The Bertz CT molecular complexity index is 981. The minimum atomic E-state index is -0.143. The second-order valence-electron chi connectivity index (χ2n) is 6.76. The highest BCUT2D eigenvalue weighted by atomic mass is 16.2. The molecule has 0 atom stereocenters. The van der Waals surface area contributed by atoms with E-state index >= 15 is 0 Å². The Morgan fingerprint density at radius 1 is 0.889 bits per heavy atom. The Morgan fingerprint density at radius 2 is 1.56 bits per heavy atom. The first-order valence-corrected chi connectivity index (χ1v) is 9.23. The van der Waals surface area contributed by atoms with Gasteiger partial charge >= 0.3 is 0 Å². The van der Waals surface area contributed by atoms with Gasteiger partial charge in [0.2, 0.25) is 0 Å². The Morgan fingerprint density at radius 3 is 2.30 bits per heavy atom. The maximum absolute atomic E-state index is 12.7. The molecule has 1 heterocycles. The van der Waals surface area contributed by atoms with Gasteiger partial charge in [0.05, 0.1) is 11.1 Å². The van der Waals surface area contributed by atoms with Crippen molar-refractivity contribution < 1.29 is 9.59 Å². The maximum atomic E-state index is 12.7. The molecule has 2 aromatic carbocycles. The van der Waals surface area contributed by atoms with E-state index in [0.29, 0.717) is 30.1 Å². The van der Waals surface area contributed by atoms with Gasteiger partial charge in [-0.2, -0.15) is 0 Å². The summed E-state index contributed by atoms with van der Waals surface area (Å²) >= 11 is 0. The fourth-order valence-corrected chi connectivity index (χ4v) is 3.11. The van der Waals surface area contributed by atoms with Crippen LogP contribution >= 0.6 is 0 Å². The number of hydrogen-bond acceptors (Lipinski definition) is 3. The molecule has 1 aromatic heterocycles. The summed E-state index contributed by atoms with van der Waals surface area (Å²) in [6, 6.07) is 18.7. The normalized spacial score (nSPS) is 13.3. The number of para-hydroxylation sites is 1. The Kier molecular flexibility index (Phi) is 4.83. The number of carbonyl (C=O) groups is 2. The van der Waals surface area contributed by atoms with Crippen molar-refractivity contribution >= 4 is 22.7 Å². The first-order valence-electron chi connectivity index (χ1n) is 9.23. The molecule has 136 valence electrons. The van der Waals surface area contributed by atoms with Gasteiger partial charge in [-0.3, -0.25) is 14.6 Å². The van der Waals surface area contributed by atoms with E-state index in [1.807, 2.05) is 48.5 Å². The van der Waals surface area contributed by atoms with E-state index in [4.69, 9.17) is 4.98 Å². The molecule has 2 N–H and O–H groups in total. The monoisotopic (exact) mass is 359 g/mol. The van der Waals surface area contributed by atoms with Gasteiger partial charge in [0.15, 0.2) is 0 Å². The second-order valence-corrected chi connectivity index (χ2v) is 6.76. The van der Waals surface area contributed by atoms with Crippen molar-refractivity contribution in [3.8, 4) is 0 Å². The van der Waals surface area contributed by atoms with Gasteiger partial charge < -0.3 is 10.6 Å². The molecule has 3 aromatic rings. The van der Waals surface area contributed by atoms with Gasteiger partial charge in [0.1, 0.15) is 0 Å². The highest BCUT2D eigenvalue weighted by Crippen LogP contribution is 2.40. The van der Waals surface area contributed by atoms with E-state index in [2.05, 4.69) is 10.6 Å². The lowest BCUT2D eigenvalue weighted by Crippen LogP contribution is -2.34. The number of amides is 2. The van der Waals surface area contributed by atoms with Crippen LogP contribution in [-0.4, -0.2) is 29.9 Å². The minimum absolute atomic E-state index is 0.135. The summed E-state index contributed by atoms with van der Waals surface area (Å²) in [6.45, 7) is 0.741. The van der Waals surface area contributed by atoms with Crippen LogP contribution < -0.4 is 10.6 Å². The Labute approximate surface area is 157 Å². The first-order chi connectivity index (χ1) is 13.2. The quantitative estimate of drug-likeness (QED) is 0.664. The van der Waals surface area contributed by atoms with Crippen LogP contribution in [0.2, 0.25) is 0 Å². The van der Waals surface area contributed by atoms with Crippen LogP contribution in [0.25, 0.3) is 10.9 Å². The van der Waals surface area contributed by atoms with Gasteiger partial charge in [0, 0.05) is 35.7 Å². The van der Waals surface area contributed by atoms with Crippen molar-refractivity contribution in [2.75, 3.05) is 13.1 Å². The number of hydrogen-bond donors (Lipinski definition) is 2. The van der Waals surface area contributed by atoms with E-state index < -0.39 is 0 Å². The zero-order chi connectivity index (χ0) is 18.6. The average molecular weight is 359 g/mol. The summed E-state index contributed by atoms with van der Waals surface area (Å²) in [6.07, 6.45) is 2.27. The highest BCUT2D eigenvalue weighted by molar-refractivity contribution is 6.06. The minimum Gasteiger partial charge on any atom is -0.350 e. The molecular formula is C22H21N3O2. The van der Waals surface area contributed by atoms with E-state index in [0.717, 1.165) is 29.4 Å². The van der Waals surface area contributed by atoms with Crippen LogP contribution in [0.15, 0.2) is 60.7 Å². The first kappa shape index (κ1) is 17.2. The molecule has 4 rings (SSSR count). The third kappa shape index (κ3) is 3.97. The van der Waals surface area contributed by atoms with Gasteiger partial charge in [-0.15, -0.1) is 0 Å². The molecule has 1 fully saturated rings. The predicted octanol–water partition coefficient (Wildman–Crippen LogP) is 3.27. The SMILES string of the molecule is O=C(NCCNC(=O)c1cc(C2CC2)nc2ccccc12)c1ccccc1. The maximum Gasteiger partial charge on any atom is 0.252 e. The Balaban J connectivity index is 1.40. The smallest absolute Gasteiger partial charge is 0.252 e. The van der Waals surface area contributed by atoms with Crippen LogP contribution in [0.1, 0.15) is 45.2 Å². The fourth-order valence-electron chi connectivity index (χ4n) is 3.11. The highest BCUT2D eigenvalue weighted by Gasteiger charge is 2.26. The van der Waals surface area contributed by atoms with Gasteiger partial charge in [-0.25, -0.2) is 0 Å². The molecule has 1 aliphatic rings. The molecular weight excluding hydrogens is 338 g/mol. The van der Waals surface area contributed by atoms with Crippen molar-refractivity contribution in [1.29, 1.82) is 0 Å². The van der Waals surface area contributed by atoms with Crippen LogP contribution in [0.3, 0.4) is 0 Å². The Hall–Kier alpha value is -3.21. The van der Waals surface area contributed by atoms with Crippen molar-refractivity contribution in [2.24, 2.45) is 0 Å². The number of benzene rings is 2. The van der Waals surface area contributed by atoms with E-state index in [-0.39, 0.29) is 11.8 Å². The van der Waals surface area contributed by atoms with Crippen molar-refractivity contribution in [3.63, 3.8) is 0 Å². The van der Waals surface area contributed by atoms with Gasteiger partial charge in [0.25, 0.3) is 11.8 Å². The van der Waals surface area contributed by atoms with E-state index in [9.17, 15) is 9.59 Å². The predicted molar refractivity (Wildman–Crippen MR) is 105 cm³/mol. The molecule has 0 spiro atoms. The van der Waals surface area contributed by atoms with Gasteiger partial charge in [-0.1, -0.05) is 36.4 Å². The molecule has 5 heteroatoms. The number of fused-ring (bicyclic) bond motifs is 1. The van der Waals surface area contributed by atoms with E-state index in [1.54, 1.807) is 12.1 Å². The zero-order valence-electron chi connectivity index (χ0n) is 14.9. The number of rotatable bonds is 6. The van der Waals surface area contributed by atoms with Crippen molar-refractivity contribution in [3.05, 3.63) is 77.5 Å². The summed E-state index contributed by atoms with van der Waals surface area (Å²) in [5, 5.41) is 6.57. The molecule has 0 radical (unpaired) electrons. The number of carbonyl (C=O) groups excluding carboxylic acids is 2. The second kappa shape index (κ2) is 7.58. The van der Waals surface area contributed by atoms with Crippen LogP contribution in [0, 0.1) is 0 Å². The molecule has 0 aliphatic heterocycles. The number of pyridine rings is 1. The van der Waals surface area contributed by atoms with Crippen LogP contribution in [0.5, 0.6) is 0 Å². The van der Waals surface area contributed by atoms with Crippen LogP contribution in [0.4, 0.5) is 0 Å². The molecule has 0 unspecified atom stereocenters. The third-order valence-electron chi connectivity index (χ3n) is 4.71. The molecule has 0 saturated heterocycles. The summed E-state index contributed by atoms with van der Waals surface area (Å²) in [4.78, 5) is 29.4. The lowest BCUT2D eigenvalue weighted by molar-refractivity contribution is 0.0928. The molecule has 27 heavy (non-hydrogen) atoms. The zero-order valence-corrected chi connectivity index (χ0v) is 14.9. The molecule has 2 amide bonds. The average Bonchev–Trinajstić information content (AvgIpc) is 3.56. The third-order valence-corrected chi connectivity index (χ3v) is 4.71. The molecule has 1 aliphatic carbocycles. The van der Waals surface area contributed by atoms with Crippen molar-refractivity contribution in [1.82, 2.24) is 15.6 Å². The summed E-state index contributed by atoms with van der Waals surface area (Å²) in [7, 11) is 0. The lowest BCUT2D eigenvalue weighted by Gasteiger charge is -2.11. The number of aromatic nitrogens is 1. The van der Waals surface area contributed by atoms with Crippen LogP contribution in [-0.2, 0) is 0 Å². The van der Waals surface area contributed by atoms with Crippen molar-refractivity contribution in [2.45, 2.75) is 18.8 Å². The standard InChI is InChI=1S/C22H21N3O2/c26-21(16-6-2-1-3-7-16)23-12-13-24-22(27)18-14-20(15-10-11-15)25-19-9-5-4-8-17(18)19/h1-9,14-15H,10-13H2,(H,23,26)(H,24,27). The summed E-state index contributed by atoms with van der Waals surface area (Å²) in [5.74, 6) is 0.200. The summed E-state index contributed by atoms with van der Waals surface area (Å²) in [5.41, 5.74) is 3.11. The van der Waals surface area contributed by atoms with Gasteiger partial charge in [-0.05, 0) is 37.1 Å². The van der Waals surface area contributed by atoms with E-state index in [1.165, 1.54) is 0 Å². The number of nitrogens with zero attached hydrogens (tertiary/aromatic N) is 1. The molecule has 5 nitrogen and oxygen atoms in total.